The summed E-state index contributed by atoms with van der Waals surface area (Å²) in [6, 6.07) is 11.4. The number of aromatic nitrogens is 1. The van der Waals surface area contributed by atoms with Crippen LogP contribution in [0.1, 0.15) is 28.9 Å². The number of carbonyl (C=O) groups excluding carboxylic acids is 1. The van der Waals surface area contributed by atoms with Crippen LogP contribution in [0, 0.1) is 5.82 Å². The van der Waals surface area contributed by atoms with Crippen molar-refractivity contribution in [1.29, 1.82) is 0 Å². The SMILES string of the molecule is O=C(c1ccc(F)cc1)N(Cc1cc(-c2cccs2)on1)C[C@H]1CCCO1. The van der Waals surface area contributed by atoms with Gasteiger partial charge in [0.25, 0.3) is 5.91 Å². The first-order valence-corrected chi connectivity index (χ1v) is 9.73. The van der Waals surface area contributed by atoms with Crippen molar-refractivity contribution in [3.8, 4) is 10.6 Å². The number of halogens is 1. The number of carbonyl (C=O) groups is 1. The second-order valence-corrected chi connectivity index (χ2v) is 7.44. The number of amides is 1. The zero-order valence-electron chi connectivity index (χ0n) is 14.6. The summed E-state index contributed by atoms with van der Waals surface area (Å²) in [5.41, 5.74) is 1.11. The third kappa shape index (κ3) is 4.26. The Balaban J connectivity index is 1.54. The van der Waals surface area contributed by atoms with Gasteiger partial charge in [-0.2, -0.15) is 0 Å². The summed E-state index contributed by atoms with van der Waals surface area (Å²) in [6.45, 7) is 1.50. The first kappa shape index (κ1) is 17.9. The standard InChI is InChI=1S/C20H19FN2O3S/c21-15-7-5-14(6-8-15)20(24)23(13-17-3-1-9-25-17)12-16-11-18(26-22-16)19-4-2-10-27-19/h2,4-8,10-11,17H,1,3,9,12-13H2/t17-/m1/s1. The van der Waals surface area contributed by atoms with E-state index < -0.39 is 0 Å². The Morgan fingerprint density at radius 1 is 1.30 bits per heavy atom. The van der Waals surface area contributed by atoms with Gasteiger partial charge in [-0.15, -0.1) is 11.3 Å². The van der Waals surface area contributed by atoms with E-state index in [4.69, 9.17) is 9.26 Å². The molecule has 5 nitrogen and oxygen atoms in total. The maximum atomic E-state index is 13.2. The molecular weight excluding hydrogens is 367 g/mol. The molecule has 3 aromatic rings. The highest BCUT2D eigenvalue weighted by Crippen LogP contribution is 2.26. The molecule has 1 aromatic carbocycles. The molecule has 1 fully saturated rings. The Morgan fingerprint density at radius 2 is 2.15 bits per heavy atom. The van der Waals surface area contributed by atoms with Gasteiger partial charge in [-0.3, -0.25) is 4.79 Å². The molecule has 140 valence electrons. The Bertz CT molecular complexity index is 886. The quantitative estimate of drug-likeness (QED) is 0.631. The molecule has 1 aliphatic heterocycles. The molecule has 0 saturated carbocycles. The van der Waals surface area contributed by atoms with Crippen molar-refractivity contribution in [3.05, 3.63) is 64.9 Å². The Kier molecular flexibility index (Phi) is 5.31. The molecule has 4 rings (SSSR count). The second kappa shape index (κ2) is 8.02. The van der Waals surface area contributed by atoms with Crippen molar-refractivity contribution in [1.82, 2.24) is 10.1 Å². The number of hydrogen-bond donors (Lipinski definition) is 0. The van der Waals surface area contributed by atoms with Crippen LogP contribution in [-0.2, 0) is 11.3 Å². The zero-order chi connectivity index (χ0) is 18.6. The minimum Gasteiger partial charge on any atom is -0.376 e. The van der Waals surface area contributed by atoms with Crippen LogP contribution >= 0.6 is 11.3 Å². The van der Waals surface area contributed by atoms with Gasteiger partial charge in [-0.1, -0.05) is 11.2 Å². The Hall–Kier alpha value is -2.51. The highest BCUT2D eigenvalue weighted by molar-refractivity contribution is 7.13. The van der Waals surface area contributed by atoms with Crippen LogP contribution in [0.25, 0.3) is 10.6 Å². The molecule has 1 atom stereocenters. The van der Waals surface area contributed by atoms with Gasteiger partial charge in [0, 0.05) is 24.8 Å². The summed E-state index contributed by atoms with van der Waals surface area (Å²) in [5.74, 6) is 0.145. The van der Waals surface area contributed by atoms with Crippen LogP contribution in [0.4, 0.5) is 4.39 Å². The van der Waals surface area contributed by atoms with Crippen molar-refractivity contribution in [3.63, 3.8) is 0 Å². The van der Waals surface area contributed by atoms with E-state index >= 15 is 0 Å². The van der Waals surface area contributed by atoms with Crippen LogP contribution in [-0.4, -0.2) is 35.2 Å². The monoisotopic (exact) mass is 386 g/mol. The lowest BCUT2D eigenvalue weighted by molar-refractivity contribution is 0.0502. The van der Waals surface area contributed by atoms with E-state index in [1.54, 1.807) is 16.2 Å². The minimum atomic E-state index is -0.366. The van der Waals surface area contributed by atoms with Crippen LogP contribution in [0.15, 0.2) is 52.4 Å². The van der Waals surface area contributed by atoms with Gasteiger partial charge in [-0.25, -0.2) is 4.39 Å². The predicted molar refractivity (Wildman–Crippen MR) is 99.9 cm³/mol. The van der Waals surface area contributed by atoms with E-state index in [1.165, 1.54) is 24.3 Å². The van der Waals surface area contributed by atoms with Crippen molar-refractivity contribution < 1.29 is 18.4 Å². The van der Waals surface area contributed by atoms with Crippen LogP contribution in [0.3, 0.4) is 0 Å². The molecule has 1 aliphatic rings. The van der Waals surface area contributed by atoms with Crippen molar-refractivity contribution in [2.24, 2.45) is 0 Å². The molecular formula is C20H19FN2O3S. The third-order valence-corrected chi connectivity index (χ3v) is 5.39. The molecule has 0 radical (unpaired) electrons. The van der Waals surface area contributed by atoms with Gasteiger partial charge in [0.05, 0.1) is 17.5 Å². The first-order chi connectivity index (χ1) is 13.2. The lowest BCUT2D eigenvalue weighted by atomic mass is 10.1. The van der Waals surface area contributed by atoms with Gasteiger partial charge in [0.2, 0.25) is 0 Å². The van der Waals surface area contributed by atoms with E-state index in [2.05, 4.69) is 5.16 Å². The third-order valence-electron chi connectivity index (χ3n) is 4.50. The zero-order valence-corrected chi connectivity index (χ0v) is 15.5. The largest absolute Gasteiger partial charge is 0.376 e. The van der Waals surface area contributed by atoms with E-state index in [1.807, 2.05) is 23.6 Å². The average molecular weight is 386 g/mol. The molecule has 0 aliphatic carbocycles. The van der Waals surface area contributed by atoms with Gasteiger partial charge >= 0.3 is 0 Å². The molecule has 1 saturated heterocycles. The lowest BCUT2D eigenvalue weighted by Gasteiger charge is -2.24. The molecule has 0 spiro atoms. The van der Waals surface area contributed by atoms with Crippen molar-refractivity contribution >= 4 is 17.2 Å². The maximum Gasteiger partial charge on any atom is 0.254 e. The number of ether oxygens (including phenoxy) is 1. The fourth-order valence-corrected chi connectivity index (χ4v) is 3.82. The van der Waals surface area contributed by atoms with Gasteiger partial charge in [-0.05, 0) is 48.6 Å². The maximum absolute atomic E-state index is 13.2. The summed E-state index contributed by atoms with van der Waals surface area (Å²) < 4.78 is 24.3. The van der Waals surface area contributed by atoms with Crippen LogP contribution in [0.5, 0.6) is 0 Å². The van der Waals surface area contributed by atoms with Crippen molar-refractivity contribution in [2.45, 2.75) is 25.5 Å². The number of hydrogen-bond acceptors (Lipinski definition) is 5. The molecule has 0 N–H and O–H groups in total. The number of rotatable bonds is 6. The van der Waals surface area contributed by atoms with E-state index in [0.29, 0.717) is 30.1 Å². The fourth-order valence-electron chi connectivity index (χ4n) is 3.15. The average Bonchev–Trinajstić information content (AvgIpc) is 3.43. The predicted octanol–water partition coefficient (Wildman–Crippen LogP) is 4.36. The molecule has 0 bridgehead atoms. The highest BCUT2D eigenvalue weighted by atomic mass is 32.1. The second-order valence-electron chi connectivity index (χ2n) is 6.49. The summed E-state index contributed by atoms with van der Waals surface area (Å²) >= 11 is 1.57. The summed E-state index contributed by atoms with van der Waals surface area (Å²) in [5, 5.41) is 6.09. The molecule has 7 heteroatoms. The summed E-state index contributed by atoms with van der Waals surface area (Å²) in [7, 11) is 0. The Morgan fingerprint density at radius 3 is 2.85 bits per heavy atom. The van der Waals surface area contributed by atoms with Gasteiger partial charge in [0.15, 0.2) is 5.76 Å². The van der Waals surface area contributed by atoms with E-state index in [9.17, 15) is 9.18 Å². The van der Waals surface area contributed by atoms with E-state index in [-0.39, 0.29) is 17.8 Å². The summed E-state index contributed by atoms with van der Waals surface area (Å²) in [6.07, 6.45) is 1.93. The number of benzene rings is 1. The van der Waals surface area contributed by atoms with Crippen LogP contribution in [0.2, 0.25) is 0 Å². The molecule has 3 heterocycles. The van der Waals surface area contributed by atoms with Gasteiger partial charge in [0.1, 0.15) is 11.5 Å². The normalized spacial score (nSPS) is 16.6. The highest BCUT2D eigenvalue weighted by Gasteiger charge is 2.25. The topological polar surface area (TPSA) is 55.6 Å². The number of nitrogens with zero attached hydrogens (tertiary/aromatic N) is 2. The smallest absolute Gasteiger partial charge is 0.254 e. The summed E-state index contributed by atoms with van der Waals surface area (Å²) in [4.78, 5) is 15.7. The fraction of sp³-hybridized carbons (Fsp3) is 0.300. The minimum absolute atomic E-state index is 0.0121. The van der Waals surface area contributed by atoms with E-state index in [0.717, 1.165) is 24.3 Å². The molecule has 27 heavy (non-hydrogen) atoms. The number of thiophene rings is 1. The lowest BCUT2D eigenvalue weighted by Crippen LogP contribution is -2.37. The van der Waals surface area contributed by atoms with Gasteiger partial charge < -0.3 is 14.2 Å². The Labute approximate surface area is 160 Å². The molecule has 1 amide bonds. The molecule has 2 aromatic heterocycles. The van der Waals surface area contributed by atoms with Crippen molar-refractivity contribution in [2.75, 3.05) is 13.2 Å². The van der Waals surface area contributed by atoms with Crippen LogP contribution < -0.4 is 0 Å². The first-order valence-electron chi connectivity index (χ1n) is 8.85. The molecule has 0 unspecified atom stereocenters.